The Balaban J connectivity index is 1.47. The van der Waals surface area contributed by atoms with Crippen LogP contribution in [0.4, 0.5) is 22.7 Å². The summed E-state index contributed by atoms with van der Waals surface area (Å²) < 4.78 is 30.2. The maximum atomic E-state index is 14.6. The molecular weight excluding hydrogens is 808 g/mol. The van der Waals surface area contributed by atoms with Gasteiger partial charge in [-0.25, -0.2) is 18.4 Å². The van der Waals surface area contributed by atoms with Gasteiger partial charge in [-0.3, -0.25) is 18.9 Å². The molecule has 314 valence electrons. The molecule has 5 rings (SSSR count). The van der Waals surface area contributed by atoms with Gasteiger partial charge in [-0.15, -0.1) is 0 Å². The van der Waals surface area contributed by atoms with Crippen LogP contribution in [-0.2, 0) is 14.8 Å². The van der Waals surface area contributed by atoms with E-state index < -0.39 is 21.5 Å². The van der Waals surface area contributed by atoms with E-state index in [1.165, 1.54) is 67.4 Å². The van der Waals surface area contributed by atoms with Crippen LogP contribution < -0.4 is 20.5 Å². The number of aliphatic hydroxyl groups is 1. The average Bonchev–Trinajstić information content (AvgIpc) is 3.21. The number of aromatic nitrogens is 2. The summed E-state index contributed by atoms with van der Waals surface area (Å²) in [4.78, 5) is 40.7. The number of nitrogens with one attached hydrogen (secondary N) is 2. The number of carbonyl (C=O) groups is 1. The third kappa shape index (κ3) is 12.6. The summed E-state index contributed by atoms with van der Waals surface area (Å²) in [6.07, 6.45) is 10.9. The minimum atomic E-state index is -3.69. The van der Waals surface area contributed by atoms with Gasteiger partial charge in [0, 0.05) is 23.8 Å². The standard InChI is InChI=1S/C45H54Cl2N6O5S/c1-4-6-7-8-9-10-11-12-13-17-28-59(57,58)51-34-21-23-38(47)41(31-34)50-44(55)42(48-39-25-22-36(29-32(39)3)52(5-2)26-27-54)43-49-40-24-20-33(46)30-37(40)45(56)53(43)35-18-15-14-16-19-35/h14-16,18-25,29-31,51,54H,4-13,17,26-28H2,1-3H3,(H,50,55)/b48-42-. The van der Waals surface area contributed by atoms with Gasteiger partial charge in [-0.2, -0.15) is 0 Å². The molecule has 0 aliphatic carbocycles. The molecule has 14 heteroatoms. The Morgan fingerprint density at radius 1 is 0.864 bits per heavy atom. The molecule has 0 aliphatic rings. The summed E-state index contributed by atoms with van der Waals surface area (Å²) in [5, 5.41) is 13.2. The molecule has 1 amide bonds. The van der Waals surface area contributed by atoms with E-state index in [0.717, 1.165) is 30.5 Å². The van der Waals surface area contributed by atoms with Crippen LogP contribution in [0.3, 0.4) is 0 Å². The van der Waals surface area contributed by atoms with E-state index in [1.54, 1.807) is 42.5 Å². The van der Waals surface area contributed by atoms with Gasteiger partial charge >= 0.3 is 0 Å². The minimum absolute atomic E-state index is 0.0163. The SMILES string of the molecule is CCCCCCCCCCCCS(=O)(=O)Nc1ccc(Cl)c(NC(=O)/C(=N\c2ccc(N(CC)CCO)cc2C)c2nc3ccc(Cl)cc3c(=O)n2-c2ccccc2)c1. The van der Waals surface area contributed by atoms with Gasteiger partial charge in [0.05, 0.1) is 51.0 Å². The number of fused-ring (bicyclic) bond motifs is 1. The highest BCUT2D eigenvalue weighted by atomic mass is 35.5. The van der Waals surface area contributed by atoms with Crippen molar-refractivity contribution in [2.24, 2.45) is 4.99 Å². The van der Waals surface area contributed by atoms with Crippen molar-refractivity contribution in [1.29, 1.82) is 0 Å². The lowest BCUT2D eigenvalue weighted by molar-refractivity contribution is -0.110. The molecule has 11 nitrogen and oxygen atoms in total. The highest BCUT2D eigenvalue weighted by Crippen LogP contribution is 2.29. The van der Waals surface area contributed by atoms with Gasteiger partial charge in [-0.1, -0.05) is 106 Å². The lowest BCUT2D eigenvalue weighted by Crippen LogP contribution is -2.33. The lowest BCUT2D eigenvalue weighted by Gasteiger charge is -2.22. The highest BCUT2D eigenvalue weighted by Gasteiger charge is 2.25. The number of nitrogens with zero attached hydrogens (tertiary/aromatic N) is 4. The number of aliphatic imine (C=N–C) groups is 1. The molecule has 0 aliphatic heterocycles. The van der Waals surface area contributed by atoms with Crippen molar-refractivity contribution in [3.8, 4) is 5.69 Å². The number of halogens is 2. The van der Waals surface area contributed by atoms with Crippen molar-refractivity contribution in [1.82, 2.24) is 9.55 Å². The Morgan fingerprint density at radius 3 is 2.22 bits per heavy atom. The monoisotopic (exact) mass is 860 g/mol. The van der Waals surface area contributed by atoms with Crippen LogP contribution in [0.15, 0.2) is 94.7 Å². The Bertz CT molecular complexity index is 2410. The summed E-state index contributed by atoms with van der Waals surface area (Å²) >= 11 is 12.9. The van der Waals surface area contributed by atoms with E-state index in [2.05, 4.69) is 17.0 Å². The Labute approximate surface area is 357 Å². The first-order valence-electron chi connectivity index (χ1n) is 20.4. The van der Waals surface area contributed by atoms with Gasteiger partial charge in [0.15, 0.2) is 11.5 Å². The smallest absolute Gasteiger partial charge is 0.278 e. The van der Waals surface area contributed by atoms with Gasteiger partial charge in [0.25, 0.3) is 11.5 Å². The molecule has 0 radical (unpaired) electrons. The van der Waals surface area contributed by atoms with Crippen molar-refractivity contribution < 1.29 is 18.3 Å². The largest absolute Gasteiger partial charge is 0.395 e. The van der Waals surface area contributed by atoms with Gasteiger partial charge in [-0.05, 0) is 92.6 Å². The molecule has 1 heterocycles. The fraction of sp³-hybridized carbons (Fsp3) is 0.378. The highest BCUT2D eigenvalue weighted by molar-refractivity contribution is 7.92. The normalized spacial score (nSPS) is 11.9. The molecule has 0 unspecified atom stereocenters. The first kappa shape index (κ1) is 45.3. The van der Waals surface area contributed by atoms with Crippen LogP contribution in [-0.4, -0.2) is 60.1 Å². The summed E-state index contributed by atoms with van der Waals surface area (Å²) in [6.45, 7) is 7.14. The Kier molecular flexibility index (Phi) is 16.9. The predicted octanol–water partition coefficient (Wildman–Crippen LogP) is 10.2. The molecule has 5 aromatic rings. The number of carbonyl (C=O) groups excluding carboxylic acids is 1. The van der Waals surface area contributed by atoms with E-state index in [9.17, 15) is 23.1 Å². The summed E-state index contributed by atoms with van der Waals surface area (Å²) in [5.41, 5.74) is 2.44. The molecule has 0 bridgehead atoms. The summed E-state index contributed by atoms with van der Waals surface area (Å²) in [5.74, 6) is -0.827. The molecular formula is C45H54Cl2N6O5S. The fourth-order valence-corrected chi connectivity index (χ4v) is 8.39. The van der Waals surface area contributed by atoms with Crippen LogP contribution >= 0.6 is 23.2 Å². The van der Waals surface area contributed by atoms with Crippen molar-refractivity contribution in [3.05, 3.63) is 117 Å². The third-order valence-corrected chi connectivity index (χ3v) is 12.0. The van der Waals surface area contributed by atoms with E-state index in [0.29, 0.717) is 41.4 Å². The molecule has 1 aromatic heterocycles. The summed E-state index contributed by atoms with van der Waals surface area (Å²) in [6, 6.07) is 23.6. The third-order valence-electron chi connectivity index (χ3n) is 10.1. The van der Waals surface area contributed by atoms with Crippen molar-refractivity contribution in [3.63, 3.8) is 0 Å². The minimum Gasteiger partial charge on any atom is -0.395 e. The first-order chi connectivity index (χ1) is 28.4. The second-order valence-corrected chi connectivity index (χ2v) is 17.2. The molecule has 0 spiro atoms. The number of aliphatic hydroxyl groups excluding tert-OH is 1. The molecule has 4 aromatic carbocycles. The zero-order valence-corrected chi connectivity index (χ0v) is 36.3. The molecule has 0 saturated heterocycles. The molecule has 59 heavy (non-hydrogen) atoms. The average molecular weight is 862 g/mol. The lowest BCUT2D eigenvalue weighted by atomic mass is 10.1. The maximum Gasteiger partial charge on any atom is 0.278 e. The number of unbranched alkanes of at least 4 members (excludes halogenated alkanes) is 9. The van der Waals surface area contributed by atoms with E-state index >= 15 is 0 Å². The number of sulfonamides is 1. The van der Waals surface area contributed by atoms with Gasteiger partial charge < -0.3 is 15.3 Å². The van der Waals surface area contributed by atoms with E-state index in [-0.39, 0.29) is 45.7 Å². The second-order valence-electron chi connectivity index (χ2n) is 14.6. The molecule has 3 N–H and O–H groups in total. The maximum absolute atomic E-state index is 14.6. The Morgan fingerprint density at radius 2 is 1.56 bits per heavy atom. The fourth-order valence-electron chi connectivity index (χ4n) is 6.88. The first-order valence-corrected chi connectivity index (χ1v) is 22.8. The molecule has 0 saturated carbocycles. The van der Waals surface area contributed by atoms with Gasteiger partial charge in [0.1, 0.15) is 0 Å². The number of benzene rings is 4. The number of rotatable bonds is 22. The number of para-hydroxylation sites is 1. The van der Waals surface area contributed by atoms with Crippen molar-refractivity contribution in [2.45, 2.75) is 85.0 Å². The zero-order chi connectivity index (χ0) is 42.4. The molecule has 0 atom stereocenters. The number of amides is 1. The van der Waals surface area contributed by atoms with Crippen LogP contribution in [0.5, 0.6) is 0 Å². The zero-order valence-electron chi connectivity index (χ0n) is 34.0. The van der Waals surface area contributed by atoms with Crippen molar-refractivity contribution >= 4 is 78.5 Å². The number of aryl methyl sites for hydroxylation is 1. The Hall–Kier alpha value is -4.75. The summed E-state index contributed by atoms with van der Waals surface area (Å²) in [7, 11) is -3.69. The van der Waals surface area contributed by atoms with Crippen LogP contribution in [0.1, 0.15) is 89.4 Å². The second kappa shape index (κ2) is 22.0. The van der Waals surface area contributed by atoms with Crippen LogP contribution in [0.2, 0.25) is 10.0 Å². The van der Waals surface area contributed by atoms with Crippen LogP contribution in [0, 0.1) is 6.92 Å². The number of likely N-dealkylation sites (N-methyl/N-ethyl adjacent to an activating group) is 1. The van der Waals surface area contributed by atoms with Gasteiger partial charge in [0.2, 0.25) is 10.0 Å². The quantitative estimate of drug-likeness (QED) is 0.0464. The topological polar surface area (TPSA) is 146 Å². The molecule has 0 fully saturated rings. The number of hydrogen-bond acceptors (Lipinski definition) is 8. The number of anilines is 3. The van der Waals surface area contributed by atoms with E-state index in [4.69, 9.17) is 33.2 Å². The predicted molar refractivity (Wildman–Crippen MR) is 244 cm³/mol. The van der Waals surface area contributed by atoms with Crippen LogP contribution in [0.25, 0.3) is 16.6 Å². The number of hydrogen-bond donors (Lipinski definition) is 3. The van der Waals surface area contributed by atoms with E-state index in [1.807, 2.05) is 36.9 Å². The van der Waals surface area contributed by atoms with Crippen molar-refractivity contribution in [2.75, 3.05) is 40.4 Å².